The average Bonchev–Trinajstić information content (AvgIpc) is 2.21. The summed E-state index contributed by atoms with van der Waals surface area (Å²) in [7, 11) is 0. The van der Waals surface area contributed by atoms with E-state index in [1.807, 2.05) is 24.5 Å². The summed E-state index contributed by atoms with van der Waals surface area (Å²) in [5.41, 5.74) is 1.25. The number of nitrogens with zero attached hydrogens (tertiary/aromatic N) is 2. The monoisotopic (exact) mass is 162 g/mol. The van der Waals surface area contributed by atoms with Crippen LogP contribution in [0.15, 0.2) is 24.5 Å². The first-order valence-corrected chi connectivity index (χ1v) is 4.17. The summed E-state index contributed by atoms with van der Waals surface area (Å²) in [5, 5.41) is 3.20. The van der Waals surface area contributed by atoms with Crippen LogP contribution >= 0.6 is 0 Å². The van der Waals surface area contributed by atoms with Crippen LogP contribution in [0.3, 0.4) is 0 Å². The highest BCUT2D eigenvalue weighted by Crippen LogP contribution is 2.12. The van der Waals surface area contributed by atoms with Gasteiger partial charge in [0.2, 0.25) is 0 Å². The zero-order valence-corrected chi connectivity index (χ0v) is 6.90. The summed E-state index contributed by atoms with van der Waals surface area (Å²) in [6.07, 6.45) is 3.66. The number of hydrogen-bond donors (Lipinski definition) is 1. The van der Waals surface area contributed by atoms with Crippen LogP contribution in [0, 0.1) is 6.54 Å². The van der Waals surface area contributed by atoms with Crippen molar-refractivity contribution in [2.75, 3.05) is 24.5 Å². The van der Waals surface area contributed by atoms with E-state index in [2.05, 4.69) is 21.7 Å². The van der Waals surface area contributed by atoms with Crippen molar-refractivity contribution in [1.82, 2.24) is 10.3 Å². The number of rotatable bonds is 1. The molecule has 0 aliphatic carbocycles. The normalized spacial score (nSPS) is 17.8. The van der Waals surface area contributed by atoms with Crippen molar-refractivity contribution in [3.05, 3.63) is 31.1 Å². The summed E-state index contributed by atoms with van der Waals surface area (Å²) >= 11 is 0. The molecule has 0 saturated carbocycles. The molecule has 63 valence electrons. The number of aromatic nitrogens is 1. The second kappa shape index (κ2) is 3.54. The fourth-order valence-electron chi connectivity index (χ4n) is 1.36. The van der Waals surface area contributed by atoms with Crippen LogP contribution in [0.2, 0.25) is 0 Å². The number of pyridine rings is 1. The van der Waals surface area contributed by atoms with Gasteiger partial charge in [-0.3, -0.25) is 4.98 Å². The van der Waals surface area contributed by atoms with Crippen molar-refractivity contribution < 1.29 is 0 Å². The maximum Gasteiger partial charge on any atom is 0.0416 e. The largest absolute Gasteiger partial charge is 0.369 e. The second-order valence-corrected chi connectivity index (χ2v) is 2.81. The molecule has 1 aromatic heterocycles. The molecule has 1 aromatic rings. The van der Waals surface area contributed by atoms with Crippen molar-refractivity contribution in [3.8, 4) is 0 Å². The first-order valence-electron chi connectivity index (χ1n) is 4.17. The fourth-order valence-corrected chi connectivity index (χ4v) is 1.36. The molecule has 3 nitrogen and oxygen atoms in total. The molecule has 1 N–H and O–H groups in total. The van der Waals surface area contributed by atoms with E-state index in [0.717, 1.165) is 19.6 Å². The summed E-state index contributed by atoms with van der Waals surface area (Å²) < 4.78 is 0. The molecule has 0 unspecified atom stereocenters. The SMILES string of the molecule is [CH]1CN(c2ccncc2)CCN1. The first-order chi connectivity index (χ1) is 5.97. The Labute approximate surface area is 72.4 Å². The zero-order chi connectivity index (χ0) is 8.23. The highest BCUT2D eigenvalue weighted by molar-refractivity contribution is 5.45. The third kappa shape index (κ3) is 1.56. The lowest BCUT2D eigenvalue weighted by Crippen LogP contribution is -2.40. The van der Waals surface area contributed by atoms with Crippen LogP contribution in [-0.2, 0) is 0 Å². The van der Waals surface area contributed by atoms with Gasteiger partial charge in [-0.05, 0) is 12.1 Å². The summed E-state index contributed by atoms with van der Waals surface area (Å²) in [5.74, 6) is 0. The van der Waals surface area contributed by atoms with Gasteiger partial charge in [0.1, 0.15) is 0 Å². The van der Waals surface area contributed by atoms with Gasteiger partial charge in [0.15, 0.2) is 0 Å². The van der Waals surface area contributed by atoms with Gasteiger partial charge in [0.25, 0.3) is 0 Å². The van der Waals surface area contributed by atoms with Crippen molar-refractivity contribution >= 4 is 5.69 Å². The zero-order valence-electron chi connectivity index (χ0n) is 6.90. The molecule has 1 aliphatic rings. The minimum Gasteiger partial charge on any atom is -0.369 e. The molecular formula is C9H12N3. The molecule has 0 atom stereocenters. The molecule has 0 aromatic carbocycles. The van der Waals surface area contributed by atoms with Gasteiger partial charge in [-0.25, -0.2) is 0 Å². The van der Waals surface area contributed by atoms with Crippen LogP contribution in [0.4, 0.5) is 5.69 Å². The Morgan fingerprint density at radius 2 is 2.17 bits per heavy atom. The van der Waals surface area contributed by atoms with Crippen molar-refractivity contribution in [2.24, 2.45) is 0 Å². The van der Waals surface area contributed by atoms with E-state index in [0.29, 0.717) is 0 Å². The topological polar surface area (TPSA) is 28.2 Å². The predicted octanol–water partition coefficient (Wildman–Crippen LogP) is 0.653. The van der Waals surface area contributed by atoms with Crippen LogP contribution in [0.25, 0.3) is 0 Å². The van der Waals surface area contributed by atoms with E-state index in [9.17, 15) is 0 Å². The molecular weight excluding hydrogens is 150 g/mol. The minimum absolute atomic E-state index is 0.976. The van der Waals surface area contributed by atoms with Crippen LogP contribution < -0.4 is 10.2 Å². The van der Waals surface area contributed by atoms with Crippen molar-refractivity contribution in [1.29, 1.82) is 0 Å². The Kier molecular flexibility index (Phi) is 2.23. The molecule has 2 heterocycles. The molecule has 2 rings (SSSR count). The van der Waals surface area contributed by atoms with E-state index >= 15 is 0 Å². The minimum atomic E-state index is 0.976. The smallest absolute Gasteiger partial charge is 0.0416 e. The average molecular weight is 162 g/mol. The lowest BCUT2D eigenvalue weighted by Gasteiger charge is -2.28. The standard InChI is InChI=1S/C9H12N3/c1-3-10-4-2-9(1)12-7-5-11-6-8-12/h1-5,11H,6-8H2. The first kappa shape index (κ1) is 7.55. The molecule has 3 heteroatoms. The highest BCUT2D eigenvalue weighted by atomic mass is 15.2. The molecule has 0 spiro atoms. The van der Waals surface area contributed by atoms with Gasteiger partial charge in [-0.1, -0.05) is 0 Å². The molecule has 1 radical (unpaired) electrons. The van der Waals surface area contributed by atoms with Gasteiger partial charge < -0.3 is 10.2 Å². The number of hydrogen-bond acceptors (Lipinski definition) is 3. The Hall–Kier alpha value is -1.09. The lowest BCUT2D eigenvalue weighted by atomic mass is 10.3. The highest BCUT2D eigenvalue weighted by Gasteiger charge is 2.09. The van der Waals surface area contributed by atoms with Crippen molar-refractivity contribution in [2.45, 2.75) is 0 Å². The van der Waals surface area contributed by atoms with Crippen LogP contribution in [-0.4, -0.2) is 24.6 Å². The van der Waals surface area contributed by atoms with Gasteiger partial charge >= 0.3 is 0 Å². The number of anilines is 1. The molecule has 1 saturated heterocycles. The van der Waals surface area contributed by atoms with Gasteiger partial charge in [-0.2, -0.15) is 0 Å². The maximum absolute atomic E-state index is 3.99. The van der Waals surface area contributed by atoms with Gasteiger partial charge in [-0.15, -0.1) is 0 Å². The van der Waals surface area contributed by atoms with E-state index < -0.39 is 0 Å². The molecule has 1 fully saturated rings. The maximum atomic E-state index is 3.99. The van der Waals surface area contributed by atoms with E-state index in [4.69, 9.17) is 0 Å². The fraction of sp³-hybridized carbons (Fsp3) is 0.333. The Morgan fingerprint density at radius 1 is 1.33 bits per heavy atom. The number of nitrogens with one attached hydrogen (secondary N) is 1. The Bertz CT molecular complexity index is 229. The quantitative estimate of drug-likeness (QED) is 0.657. The Morgan fingerprint density at radius 3 is 2.83 bits per heavy atom. The van der Waals surface area contributed by atoms with Crippen LogP contribution in [0.1, 0.15) is 0 Å². The lowest BCUT2D eigenvalue weighted by molar-refractivity contribution is 0.653. The third-order valence-electron chi connectivity index (χ3n) is 2.01. The molecule has 0 amide bonds. The number of piperazine rings is 1. The van der Waals surface area contributed by atoms with Crippen LogP contribution in [0.5, 0.6) is 0 Å². The molecule has 1 aliphatic heterocycles. The molecule has 0 bridgehead atoms. The summed E-state index contributed by atoms with van der Waals surface area (Å²) in [6, 6.07) is 4.08. The van der Waals surface area contributed by atoms with E-state index in [-0.39, 0.29) is 0 Å². The predicted molar refractivity (Wildman–Crippen MR) is 48.8 cm³/mol. The summed E-state index contributed by atoms with van der Waals surface area (Å²) in [6.45, 7) is 5.16. The Balaban J connectivity index is 2.08. The van der Waals surface area contributed by atoms with Gasteiger partial charge in [0.05, 0.1) is 0 Å². The van der Waals surface area contributed by atoms with Crippen molar-refractivity contribution in [3.63, 3.8) is 0 Å². The second-order valence-electron chi connectivity index (χ2n) is 2.81. The third-order valence-corrected chi connectivity index (χ3v) is 2.01. The molecule has 12 heavy (non-hydrogen) atoms. The van der Waals surface area contributed by atoms with Gasteiger partial charge in [0, 0.05) is 44.3 Å². The van der Waals surface area contributed by atoms with E-state index in [1.54, 1.807) is 0 Å². The van der Waals surface area contributed by atoms with E-state index in [1.165, 1.54) is 5.69 Å². The summed E-state index contributed by atoms with van der Waals surface area (Å²) in [4.78, 5) is 6.31.